The first-order chi connectivity index (χ1) is 8.40. The van der Waals surface area contributed by atoms with Crippen molar-refractivity contribution in [2.75, 3.05) is 13.1 Å². The van der Waals surface area contributed by atoms with E-state index in [0.717, 1.165) is 4.90 Å². The number of carboxylic acids is 1. The number of carbonyl (C=O) groups excluding carboxylic acids is 1. The number of hydrogen-bond acceptors (Lipinski definition) is 6. The van der Waals surface area contributed by atoms with Gasteiger partial charge in [-0.3, -0.25) is 4.79 Å². The van der Waals surface area contributed by atoms with Crippen molar-refractivity contribution in [2.24, 2.45) is 11.5 Å². The van der Waals surface area contributed by atoms with Crippen molar-refractivity contribution in [1.29, 1.82) is 0 Å². The predicted octanol–water partition coefficient (Wildman–Crippen LogP) is -2.93. The van der Waals surface area contributed by atoms with Gasteiger partial charge in [0.2, 0.25) is 5.91 Å². The van der Waals surface area contributed by atoms with E-state index in [0.29, 0.717) is 0 Å². The molecule has 1 fully saturated rings. The summed E-state index contributed by atoms with van der Waals surface area (Å²) in [6.45, 7) is 0.285. The number of aliphatic hydroxyl groups excluding tert-OH is 2. The minimum absolute atomic E-state index is 0.111. The van der Waals surface area contributed by atoms with E-state index in [1.165, 1.54) is 0 Å². The van der Waals surface area contributed by atoms with Crippen molar-refractivity contribution in [2.45, 2.75) is 37.1 Å². The number of amides is 1. The van der Waals surface area contributed by atoms with Gasteiger partial charge in [-0.25, -0.2) is 4.79 Å². The van der Waals surface area contributed by atoms with Gasteiger partial charge in [0.1, 0.15) is 6.04 Å². The molecule has 0 bridgehead atoms. The molecule has 1 saturated heterocycles. The van der Waals surface area contributed by atoms with Crippen LogP contribution in [-0.2, 0) is 9.59 Å². The van der Waals surface area contributed by atoms with Crippen molar-refractivity contribution in [3.63, 3.8) is 0 Å². The summed E-state index contributed by atoms with van der Waals surface area (Å²) in [5, 5.41) is 28.0. The largest absolute Gasteiger partial charge is 0.480 e. The van der Waals surface area contributed by atoms with Crippen LogP contribution in [0.25, 0.3) is 0 Å². The van der Waals surface area contributed by atoms with E-state index in [1.807, 2.05) is 0 Å². The molecular weight excluding hydrogens is 242 g/mol. The lowest BCUT2D eigenvalue weighted by Gasteiger charge is -2.27. The minimum atomic E-state index is -1.30. The molecule has 104 valence electrons. The minimum Gasteiger partial charge on any atom is -0.480 e. The molecule has 0 aromatic carbocycles. The Labute approximate surface area is 104 Å². The van der Waals surface area contributed by atoms with Crippen LogP contribution < -0.4 is 11.5 Å². The molecule has 8 heteroatoms. The maximum atomic E-state index is 11.9. The van der Waals surface area contributed by atoms with Gasteiger partial charge >= 0.3 is 5.97 Å². The number of carboxylic acid groups (broad SMARTS) is 1. The van der Waals surface area contributed by atoms with E-state index in [1.54, 1.807) is 0 Å². The van der Waals surface area contributed by atoms with E-state index in [9.17, 15) is 19.8 Å². The number of carbonyl (C=O) groups is 2. The van der Waals surface area contributed by atoms with Gasteiger partial charge in [0.15, 0.2) is 6.04 Å². The third-order valence-electron chi connectivity index (χ3n) is 3.06. The van der Waals surface area contributed by atoms with Crippen LogP contribution in [0.15, 0.2) is 0 Å². The number of nitrogens with zero attached hydrogens (tertiary/aromatic N) is 1. The van der Waals surface area contributed by atoms with Gasteiger partial charge < -0.3 is 31.7 Å². The van der Waals surface area contributed by atoms with Gasteiger partial charge in [-0.15, -0.1) is 0 Å². The number of hydrogen-bond donors (Lipinski definition) is 5. The first-order valence-electron chi connectivity index (χ1n) is 5.75. The third kappa shape index (κ3) is 2.96. The molecule has 0 aromatic rings. The Morgan fingerprint density at radius 1 is 1.44 bits per heavy atom. The molecule has 1 aliphatic heterocycles. The fourth-order valence-corrected chi connectivity index (χ4v) is 2.03. The average Bonchev–Trinajstić information content (AvgIpc) is 2.69. The summed E-state index contributed by atoms with van der Waals surface area (Å²) in [6, 6.07) is -2.52. The second-order valence-electron chi connectivity index (χ2n) is 4.34. The van der Waals surface area contributed by atoms with Crippen LogP contribution in [-0.4, -0.2) is 69.5 Å². The predicted molar refractivity (Wildman–Crippen MR) is 61.4 cm³/mol. The number of rotatable bonds is 5. The quantitative estimate of drug-likeness (QED) is 0.355. The van der Waals surface area contributed by atoms with Gasteiger partial charge in [0, 0.05) is 6.54 Å². The molecule has 1 amide bonds. The smallest absolute Gasteiger partial charge is 0.329 e. The maximum Gasteiger partial charge on any atom is 0.329 e. The van der Waals surface area contributed by atoms with Crippen molar-refractivity contribution in [1.82, 2.24) is 4.90 Å². The molecule has 0 spiro atoms. The molecule has 1 aliphatic rings. The van der Waals surface area contributed by atoms with Crippen LogP contribution in [0.4, 0.5) is 0 Å². The topological polar surface area (TPSA) is 150 Å². The summed E-state index contributed by atoms with van der Waals surface area (Å²) in [5.41, 5.74) is 10.8. The van der Waals surface area contributed by atoms with Crippen LogP contribution in [0.1, 0.15) is 12.8 Å². The Balaban J connectivity index is 2.74. The number of aliphatic hydroxyl groups is 2. The summed E-state index contributed by atoms with van der Waals surface area (Å²) in [6.07, 6.45) is -1.89. The molecule has 7 N–H and O–H groups in total. The lowest BCUT2D eigenvalue weighted by atomic mass is 10.1. The van der Waals surface area contributed by atoms with Crippen LogP contribution in [0, 0.1) is 0 Å². The molecule has 8 nitrogen and oxygen atoms in total. The lowest BCUT2D eigenvalue weighted by molar-refractivity contribution is -0.152. The van der Waals surface area contributed by atoms with E-state index >= 15 is 0 Å². The molecular formula is C10H19N3O5. The van der Waals surface area contributed by atoms with E-state index in [4.69, 9.17) is 16.6 Å². The molecule has 1 rings (SSSR count). The van der Waals surface area contributed by atoms with Crippen LogP contribution in [0.2, 0.25) is 0 Å². The van der Waals surface area contributed by atoms with Crippen molar-refractivity contribution < 1.29 is 24.9 Å². The average molecular weight is 261 g/mol. The monoisotopic (exact) mass is 261 g/mol. The van der Waals surface area contributed by atoms with Crippen LogP contribution >= 0.6 is 0 Å². The Bertz CT molecular complexity index is 325. The highest BCUT2D eigenvalue weighted by molar-refractivity contribution is 5.88. The Morgan fingerprint density at radius 2 is 2.06 bits per heavy atom. The summed E-state index contributed by atoms with van der Waals surface area (Å²) in [5.74, 6) is -1.96. The van der Waals surface area contributed by atoms with Crippen LogP contribution in [0.3, 0.4) is 0 Å². The zero-order valence-corrected chi connectivity index (χ0v) is 9.90. The SMILES string of the molecule is NCCC(O)[C@H](N)C(=O)N1CC[C@H](O)[C@H]1C(=O)O. The standard InChI is InChI=1S/C10H19N3O5/c11-3-1-5(14)7(12)9(16)13-4-2-6(15)8(13)10(17)18/h5-8,14-15H,1-4,11-12H2,(H,17,18)/t5?,6-,7-,8-/m0/s1. The van der Waals surface area contributed by atoms with Gasteiger partial charge in [-0.05, 0) is 19.4 Å². The van der Waals surface area contributed by atoms with Gasteiger partial charge in [0.05, 0.1) is 12.2 Å². The maximum absolute atomic E-state index is 11.9. The van der Waals surface area contributed by atoms with Crippen molar-refractivity contribution in [3.05, 3.63) is 0 Å². The van der Waals surface area contributed by atoms with Crippen molar-refractivity contribution >= 4 is 11.9 Å². The summed E-state index contributed by atoms with van der Waals surface area (Å²) in [7, 11) is 0. The summed E-state index contributed by atoms with van der Waals surface area (Å²) >= 11 is 0. The number of aliphatic carboxylic acids is 1. The van der Waals surface area contributed by atoms with E-state index < -0.39 is 36.2 Å². The lowest BCUT2D eigenvalue weighted by Crippen LogP contribution is -2.54. The van der Waals surface area contributed by atoms with E-state index in [2.05, 4.69) is 0 Å². The Morgan fingerprint density at radius 3 is 2.56 bits per heavy atom. The van der Waals surface area contributed by atoms with Crippen molar-refractivity contribution in [3.8, 4) is 0 Å². The fraction of sp³-hybridized carbons (Fsp3) is 0.800. The Hall–Kier alpha value is -1.22. The molecule has 4 atom stereocenters. The molecule has 0 aliphatic carbocycles. The fourth-order valence-electron chi connectivity index (χ4n) is 2.03. The molecule has 18 heavy (non-hydrogen) atoms. The molecule has 1 unspecified atom stereocenters. The second-order valence-corrected chi connectivity index (χ2v) is 4.34. The zero-order valence-electron chi connectivity index (χ0n) is 9.90. The third-order valence-corrected chi connectivity index (χ3v) is 3.06. The van der Waals surface area contributed by atoms with Gasteiger partial charge in [-0.2, -0.15) is 0 Å². The molecule has 0 radical (unpaired) electrons. The molecule has 0 saturated carbocycles. The molecule has 1 heterocycles. The van der Waals surface area contributed by atoms with Gasteiger partial charge in [0.25, 0.3) is 0 Å². The highest BCUT2D eigenvalue weighted by Gasteiger charge is 2.43. The first kappa shape index (κ1) is 14.8. The normalized spacial score (nSPS) is 27.0. The van der Waals surface area contributed by atoms with Crippen LogP contribution in [0.5, 0.6) is 0 Å². The highest BCUT2D eigenvalue weighted by Crippen LogP contribution is 2.19. The van der Waals surface area contributed by atoms with Gasteiger partial charge in [-0.1, -0.05) is 0 Å². The summed E-state index contributed by atoms with van der Waals surface area (Å²) < 4.78 is 0. The van der Waals surface area contributed by atoms with E-state index in [-0.39, 0.29) is 25.9 Å². The highest BCUT2D eigenvalue weighted by atomic mass is 16.4. The number of nitrogens with two attached hydrogens (primary N) is 2. The second kappa shape index (κ2) is 6.10. The first-order valence-corrected chi connectivity index (χ1v) is 5.75. The summed E-state index contributed by atoms with van der Waals surface area (Å²) in [4.78, 5) is 23.9. The zero-order chi connectivity index (χ0) is 13.9. The molecule has 0 aromatic heterocycles. The Kier molecular flexibility index (Phi) is 5.03. The number of likely N-dealkylation sites (tertiary alicyclic amines) is 1.